The van der Waals surface area contributed by atoms with Crippen LogP contribution in [0, 0.1) is 0 Å². The van der Waals surface area contributed by atoms with Crippen molar-refractivity contribution in [1.29, 1.82) is 0 Å². The molecule has 0 unspecified atom stereocenters. The maximum Gasteiger partial charge on any atom is 0.136 e. The van der Waals surface area contributed by atoms with Gasteiger partial charge in [-0.3, -0.25) is 0 Å². The molecule has 10 rings (SSSR count). The molecule has 228 valence electrons. The van der Waals surface area contributed by atoms with Gasteiger partial charge in [0.2, 0.25) is 0 Å². The molecule has 0 bridgehead atoms. The molecule has 0 amide bonds. The third kappa shape index (κ3) is 3.99. The number of furan rings is 2. The van der Waals surface area contributed by atoms with Crippen molar-refractivity contribution >= 4 is 76.0 Å². The van der Waals surface area contributed by atoms with Crippen molar-refractivity contribution < 1.29 is 8.83 Å². The van der Waals surface area contributed by atoms with Gasteiger partial charge < -0.3 is 8.83 Å². The van der Waals surface area contributed by atoms with Crippen LogP contribution in [0.3, 0.4) is 0 Å². The summed E-state index contributed by atoms with van der Waals surface area (Å²) < 4.78 is 12.9. The molecule has 2 nitrogen and oxygen atoms in total. The lowest BCUT2D eigenvalue weighted by molar-refractivity contribution is 0.430. The molecule has 0 aliphatic heterocycles. The molecule has 0 saturated carbocycles. The van der Waals surface area contributed by atoms with Crippen LogP contribution >= 0.6 is 0 Å². The smallest absolute Gasteiger partial charge is 0.136 e. The SMILES string of the molecule is CC(C)(C)c1cc2ccc(-c3c4ccccc4c(-c4ccc5oc6cc7c(ccc8ccccc87)cc6c5c4)c4ccccc34)cc2o1. The van der Waals surface area contributed by atoms with Gasteiger partial charge in [-0.25, -0.2) is 0 Å². The summed E-state index contributed by atoms with van der Waals surface area (Å²) in [6, 6.07) is 50.7. The molecule has 0 atom stereocenters. The molecule has 0 aliphatic rings. The molecular formula is C46H32O2. The largest absolute Gasteiger partial charge is 0.460 e. The standard InChI is InChI=1S/C46H32O2/c1-46(2,3)43-25-29-18-19-31(24-41(29)48-43)45-35-14-8-6-12-33(35)44(34-13-7-9-15-36(34)45)30-20-21-40-38(23-30)39-22-28-17-16-27-10-4-5-11-32(27)37(28)26-42(39)47-40/h4-26H,1-3H3. The van der Waals surface area contributed by atoms with Gasteiger partial charge in [-0.1, -0.05) is 124 Å². The van der Waals surface area contributed by atoms with E-state index in [2.05, 4.69) is 160 Å². The summed E-state index contributed by atoms with van der Waals surface area (Å²) >= 11 is 0. The summed E-state index contributed by atoms with van der Waals surface area (Å²) in [5.74, 6) is 1.00. The Morgan fingerprint density at radius 3 is 1.60 bits per heavy atom. The summed E-state index contributed by atoms with van der Waals surface area (Å²) in [4.78, 5) is 0. The first-order valence-corrected chi connectivity index (χ1v) is 16.7. The van der Waals surface area contributed by atoms with Gasteiger partial charge in [0.25, 0.3) is 0 Å². The number of hydrogen-bond acceptors (Lipinski definition) is 2. The minimum absolute atomic E-state index is 0.0525. The average Bonchev–Trinajstić information content (AvgIpc) is 3.70. The van der Waals surface area contributed by atoms with Gasteiger partial charge in [-0.05, 0) is 102 Å². The Hall–Kier alpha value is -5.86. The van der Waals surface area contributed by atoms with E-state index in [1.807, 2.05) is 0 Å². The maximum absolute atomic E-state index is 6.50. The normalized spacial score (nSPS) is 12.5. The lowest BCUT2D eigenvalue weighted by Crippen LogP contribution is -2.08. The first kappa shape index (κ1) is 27.3. The van der Waals surface area contributed by atoms with Gasteiger partial charge in [0.15, 0.2) is 0 Å². The van der Waals surface area contributed by atoms with Crippen molar-refractivity contribution in [1.82, 2.24) is 0 Å². The summed E-state index contributed by atoms with van der Waals surface area (Å²) in [6.07, 6.45) is 0. The van der Waals surface area contributed by atoms with E-state index in [1.54, 1.807) is 0 Å². The fraction of sp³-hybridized carbons (Fsp3) is 0.0870. The van der Waals surface area contributed by atoms with Crippen LogP contribution in [0.15, 0.2) is 148 Å². The molecule has 0 spiro atoms. The van der Waals surface area contributed by atoms with Gasteiger partial charge in [-0.2, -0.15) is 0 Å². The number of rotatable bonds is 2. The quantitative estimate of drug-likeness (QED) is 0.143. The van der Waals surface area contributed by atoms with Crippen LogP contribution in [0.25, 0.3) is 98.3 Å². The van der Waals surface area contributed by atoms with E-state index in [1.165, 1.54) is 59.8 Å². The minimum atomic E-state index is -0.0525. The Balaban J connectivity index is 1.22. The second-order valence-corrected chi connectivity index (χ2v) is 14.1. The third-order valence-corrected chi connectivity index (χ3v) is 10.1. The van der Waals surface area contributed by atoms with Crippen LogP contribution in [0.5, 0.6) is 0 Å². The number of fused-ring (bicyclic) bond motifs is 9. The Morgan fingerprint density at radius 1 is 0.354 bits per heavy atom. The second-order valence-electron chi connectivity index (χ2n) is 14.1. The van der Waals surface area contributed by atoms with Gasteiger partial charge >= 0.3 is 0 Å². The molecule has 2 aromatic heterocycles. The van der Waals surface area contributed by atoms with Crippen molar-refractivity contribution in [2.45, 2.75) is 26.2 Å². The van der Waals surface area contributed by atoms with Crippen LogP contribution in [0.1, 0.15) is 26.5 Å². The molecule has 8 aromatic carbocycles. The zero-order valence-electron chi connectivity index (χ0n) is 27.1. The Kier molecular flexibility index (Phi) is 5.58. The lowest BCUT2D eigenvalue weighted by atomic mass is 9.85. The van der Waals surface area contributed by atoms with E-state index in [0.29, 0.717) is 0 Å². The highest BCUT2D eigenvalue weighted by Crippen LogP contribution is 2.46. The van der Waals surface area contributed by atoms with Crippen molar-refractivity contribution in [2.24, 2.45) is 0 Å². The Morgan fingerprint density at radius 2 is 0.917 bits per heavy atom. The van der Waals surface area contributed by atoms with Gasteiger partial charge in [0, 0.05) is 21.6 Å². The monoisotopic (exact) mass is 616 g/mol. The predicted molar refractivity (Wildman–Crippen MR) is 203 cm³/mol. The van der Waals surface area contributed by atoms with Crippen LogP contribution in [-0.2, 0) is 5.41 Å². The Bertz CT molecular complexity index is 2870. The summed E-state index contributed by atoms with van der Waals surface area (Å²) in [5.41, 5.74) is 7.50. The lowest BCUT2D eigenvalue weighted by Gasteiger charge is -2.17. The molecule has 2 heterocycles. The van der Waals surface area contributed by atoms with E-state index in [9.17, 15) is 0 Å². The van der Waals surface area contributed by atoms with Crippen molar-refractivity contribution in [3.8, 4) is 22.3 Å². The Labute approximate surface area is 277 Å². The summed E-state index contributed by atoms with van der Waals surface area (Å²) in [7, 11) is 0. The molecule has 0 aliphatic carbocycles. The summed E-state index contributed by atoms with van der Waals surface area (Å²) in [6.45, 7) is 6.58. The van der Waals surface area contributed by atoms with E-state index in [4.69, 9.17) is 8.83 Å². The fourth-order valence-corrected chi connectivity index (χ4v) is 7.74. The number of benzene rings is 8. The molecule has 0 fully saturated rings. The van der Waals surface area contributed by atoms with E-state index in [0.717, 1.165) is 44.2 Å². The molecule has 0 N–H and O–H groups in total. The molecule has 48 heavy (non-hydrogen) atoms. The highest BCUT2D eigenvalue weighted by molar-refractivity contribution is 6.23. The molecule has 10 aromatic rings. The molecular weight excluding hydrogens is 585 g/mol. The van der Waals surface area contributed by atoms with Crippen LogP contribution in [0.4, 0.5) is 0 Å². The predicted octanol–water partition coefficient (Wildman–Crippen LogP) is 13.6. The van der Waals surface area contributed by atoms with Gasteiger partial charge in [0.1, 0.15) is 22.5 Å². The highest BCUT2D eigenvalue weighted by Gasteiger charge is 2.21. The zero-order chi connectivity index (χ0) is 32.1. The number of hydrogen-bond donors (Lipinski definition) is 0. The molecule has 0 radical (unpaired) electrons. The molecule has 0 saturated heterocycles. The van der Waals surface area contributed by atoms with Crippen molar-refractivity contribution in [3.63, 3.8) is 0 Å². The first-order chi connectivity index (χ1) is 23.4. The van der Waals surface area contributed by atoms with E-state index < -0.39 is 0 Å². The van der Waals surface area contributed by atoms with Crippen LogP contribution in [0.2, 0.25) is 0 Å². The topological polar surface area (TPSA) is 26.3 Å². The van der Waals surface area contributed by atoms with E-state index >= 15 is 0 Å². The van der Waals surface area contributed by atoms with Gasteiger partial charge in [0.05, 0.1) is 0 Å². The van der Waals surface area contributed by atoms with Crippen molar-refractivity contribution in [3.05, 3.63) is 145 Å². The van der Waals surface area contributed by atoms with Gasteiger partial charge in [-0.15, -0.1) is 0 Å². The van der Waals surface area contributed by atoms with Crippen molar-refractivity contribution in [2.75, 3.05) is 0 Å². The third-order valence-electron chi connectivity index (χ3n) is 10.1. The molecule has 2 heteroatoms. The van der Waals surface area contributed by atoms with Crippen LogP contribution < -0.4 is 0 Å². The maximum atomic E-state index is 6.50. The van der Waals surface area contributed by atoms with Crippen LogP contribution in [-0.4, -0.2) is 0 Å². The first-order valence-electron chi connectivity index (χ1n) is 16.7. The average molecular weight is 617 g/mol. The zero-order valence-corrected chi connectivity index (χ0v) is 27.1. The minimum Gasteiger partial charge on any atom is -0.460 e. The second kappa shape index (κ2) is 9.82. The fourth-order valence-electron chi connectivity index (χ4n) is 7.74. The van der Waals surface area contributed by atoms with E-state index in [-0.39, 0.29) is 5.41 Å². The summed E-state index contributed by atoms with van der Waals surface area (Å²) in [5, 5.41) is 13.2. The highest BCUT2D eigenvalue weighted by atomic mass is 16.3.